The lowest BCUT2D eigenvalue weighted by atomic mass is 9.67. The molecular weight excluding hydrogens is 433 g/mol. The second-order valence-corrected chi connectivity index (χ2v) is 6.53. The van der Waals surface area contributed by atoms with Gasteiger partial charge in [0, 0.05) is 47.1 Å². The first-order valence-electron chi connectivity index (χ1n) is 9.34. The smallest absolute Gasteiger partial charge is 0.191 e. The van der Waals surface area contributed by atoms with Gasteiger partial charge in [0.25, 0.3) is 0 Å². The van der Waals surface area contributed by atoms with Crippen molar-refractivity contribution < 1.29 is 14.2 Å². The van der Waals surface area contributed by atoms with Crippen LogP contribution >= 0.6 is 24.0 Å². The van der Waals surface area contributed by atoms with Gasteiger partial charge in [0.2, 0.25) is 0 Å². The minimum Gasteiger partial charge on any atom is -0.385 e. The molecule has 1 aliphatic carbocycles. The molecule has 0 saturated heterocycles. The Bertz CT molecular complexity index is 340. The number of rotatable bonds is 14. The molecule has 0 bridgehead atoms. The molecule has 0 aliphatic heterocycles. The highest BCUT2D eigenvalue weighted by Gasteiger charge is 2.36. The van der Waals surface area contributed by atoms with Gasteiger partial charge < -0.3 is 24.8 Å². The molecule has 0 aromatic carbocycles. The summed E-state index contributed by atoms with van der Waals surface area (Å²) in [4.78, 5) is 4.81. The van der Waals surface area contributed by atoms with Crippen molar-refractivity contribution in [1.82, 2.24) is 10.6 Å². The molecule has 1 aliphatic rings. The van der Waals surface area contributed by atoms with Crippen LogP contribution in [0.3, 0.4) is 0 Å². The molecular formula is C18H38IN3O3. The average molecular weight is 471 g/mol. The maximum absolute atomic E-state index is 5.47. The lowest BCUT2D eigenvalue weighted by Gasteiger charge is -2.40. The fourth-order valence-electron chi connectivity index (χ4n) is 2.85. The second-order valence-electron chi connectivity index (χ2n) is 6.53. The number of aliphatic imine (C=N–C) groups is 1. The van der Waals surface area contributed by atoms with Crippen molar-refractivity contribution in [2.24, 2.45) is 10.4 Å². The first kappa shape index (κ1) is 24.9. The molecule has 2 N–H and O–H groups in total. The highest BCUT2D eigenvalue weighted by molar-refractivity contribution is 14.0. The van der Waals surface area contributed by atoms with Crippen LogP contribution in [0.2, 0.25) is 0 Å². The first-order chi connectivity index (χ1) is 11.8. The summed E-state index contributed by atoms with van der Waals surface area (Å²) in [5, 5.41) is 6.77. The highest BCUT2D eigenvalue weighted by atomic mass is 127. The summed E-state index contributed by atoms with van der Waals surface area (Å²) in [5.41, 5.74) is 0.369. The van der Waals surface area contributed by atoms with E-state index in [4.69, 9.17) is 19.2 Å². The Balaban J connectivity index is 0.00000576. The zero-order chi connectivity index (χ0) is 17.5. The molecule has 0 atom stereocenters. The number of methoxy groups -OCH3 is 2. The predicted molar refractivity (Wildman–Crippen MR) is 114 cm³/mol. The van der Waals surface area contributed by atoms with Gasteiger partial charge in [0.05, 0.1) is 13.2 Å². The van der Waals surface area contributed by atoms with Gasteiger partial charge in [-0.2, -0.15) is 0 Å². The zero-order valence-electron chi connectivity index (χ0n) is 16.3. The Hall–Kier alpha value is -0.120. The molecule has 0 aromatic heterocycles. The minimum absolute atomic E-state index is 0. The molecule has 6 nitrogen and oxygen atoms in total. The molecule has 1 fully saturated rings. The SMILES string of the molecule is CCNC(=NCC1(CCOC)CCC1)NCCCCOCCOC.I. The van der Waals surface area contributed by atoms with Crippen LogP contribution in [0.25, 0.3) is 0 Å². The molecule has 0 aromatic rings. The predicted octanol–water partition coefficient (Wildman–Crippen LogP) is 2.81. The minimum atomic E-state index is 0. The average Bonchev–Trinajstić information content (AvgIpc) is 2.55. The quantitative estimate of drug-likeness (QED) is 0.177. The van der Waals surface area contributed by atoms with Crippen LogP contribution in [-0.4, -0.2) is 66.2 Å². The van der Waals surface area contributed by atoms with Gasteiger partial charge in [-0.15, -0.1) is 24.0 Å². The molecule has 1 saturated carbocycles. The number of ether oxygens (including phenoxy) is 3. The molecule has 0 spiro atoms. The van der Waals surface area contributed by atoms with Gasteiger partial charge in [-0.3, -0.25) is 4.99 Å². The maximum atomic E-state index is 5.47. The van der Waals surface area contributed by atoms with E-state index in [2.05, 4.69) is 17.6 Å². The Morgan fingerprint density at radius 3 is 2.36 bits per heavy atom. The number of guanidine groups is 1. The van der Waals surface area contributed by atoms with Crippen LogP contribution in [0.4, 0.5) is 0 Å². The fourth-order valence-corrected chi connectivity index (χ4v) is 2.85. The van der Waals surface area contributed by atoms with E-state index in [1.807, 2.05) is 0 Å². The summed E-state index contributed by atoms with van der Waals surface area (Å²) < 4.78 is 15.7. The number of halogens is 1. The van der Waals surface area contributed by atoms with Crippen LogP contribution in [0.1, 0.15) is 45.4 Å². The Kier molecular flexibility index (Phi) is 16.0. The van der Waals surface area contributed by atoms with Gasteiger partial charge >= 0.3 is 0 Å². The normalized spacial score (nSPS) is 16.0. The molecule has 0 radical (unpaired) electrons. The van der Waals surface area contributed by atoms with Crippen molar-refractivity contribution in [3.63, 3.8) is 0 Å². The topological polar surface area (TPSA) is 64.1 Å². The fraction of sp³-hybridized carbons (Fsp3) is 0.944. The van der Waals surface area contributed by atoms with Crippen LogP contribution in [0.15, 0.2) is 4.99 Å². The summed E-state index contributed by atoms with van der Waals surface area (Å²) in [6.07, 6.45) is 7.12. The first-order valence-corrected chi connectivity index (χ1v) is 9.34. The van der Waals surface area contributed by atoms with E-state index in [1.54, 1.807) is 14.2 Å². The number of hydrogen-bond acceptors (Lipinski definition) is 4. The van der Waals surface area contributed by atoms with Gasteiger partial charge in [0.1, 0.15) is 0 Å². The van der Waals surface area contributed by atoms with Crippen LogP contribution in [0.5, 0.6) is 0 Å². The lowest BCUT2D eigenvalue weighted by Crippen LogP contribution is -2.40. The molecule has 0 amide bonds. The Morgan fingerprint density at radius 1 is 1.00 bits per heavy atom. The highest BCUT2D eigenvalue weighted by Crippen LogP contribution is 2.44. The van der Waals surface area contributed by atoms with Crippen molar-refractivity contribution in [2.45, 2.75) is 45.4 Å². The van der Waals surface area contributed by atoms with Crippen molar-refractivity contribution >= 4 is 29.9 Å². The summed E-state index contributed by atoms with van der Waals surface area (Å²) >= 11 is 0. The van der Waals surface area contributed by atoms with Crippen molar-refractivity contribution in [2.75, 3.05) is 60.3 Å². The van der Waals surface area contributed by atoms with Gasteiger partial charge in [-0.1, -0.05) is 6.42 Å². The lowest BCUT2D eigenvalue weighted by molar-refractivity contribution is 0.0689. The molecule has 0 heterocycles. The van der Waals surface area contributed by atoms with E-state index >= 15 is 0 Å². The van der Waals surface area contributed by atoms with Crippen molar-refractivity contribution in [3.05, 3.63) is 0 Å². The third-order valence-electron chi connectivity index (χ3n) is 4.61. The zero-order valence-corrected chi connectivity index (χ0v) is 18.6. The maximum Gasteiger partial charge on any atom is 0.191 e. The van der Waals surface area contributed by atoms with Gasteiger partial charge in [0.15, 0.2) is 5.96 Å². The van der Waals surface area contributed by atoms with E-state index < -0.39 is 0 Å². The largest absolute Gasteiger partial charge is 0.385 e. The van der Waals surface area contributed by atoms with E-state index in [-0.39, 0.29) is 24.0 Å². The van der Waals surface area contributed by atoms with Crippen molar-refractivity contribution in [3.8, 4) is 0 Å². The molecule has 25 heavy (non-hydrogen) atoms. The number of hydrogen-bond donors (Lipinski definition) is 2. The molecule has 7 heteroatoms. The van der Waals surface area contributed by atoms with Crippen LogP contribution in [0, 0.1) is 5.41 Å². The van der Waals surface area contributed by atoms with E-state index in [0.29, 0.717) is 18.6 Å². The summed E-state index contributed by atoms with van der Waals surface area (Å²) in [6.45, 7) is 7.78. The summed E-state index contributed by atoms with van der Waals surface area (Å²) in [5.74, 6) is 0.932. The molecule has 0 unspecified atom stereocenters. The summed E-state index contributed by atoms with van der Waals surface area (Å²) in [6, 6.07) is 0. The molecule has 150 valence electrons. The number of nitrogens with one attached hydrogen (secondary N) is 2. The van der Waals surface area contributed by atoms with Crippen molar-refractivity contribution in [1.29, 1.82) is 0 Å². The second kappa shape index (κ2) is 16.1. The van der Waals surface area contributed by atoms with E-state index in [0.717, 1.165) is 58.1 Å². The molecule has 1 rings (SSSR count). The van der Waals surface area contributed by atoms with Gasteiger partial charge in [-0.25, -0.2) is 0 Å². The Labute approximate surface area is 170 Å². The standard InChI is InChI=1S/C18H37N3O3.HI/c1-4-19-17(20-11-5-6-12-24-15-14-23-3)21-16-18(8-7-9-18)10-13-22-2;/h4-16H2,1-3H3,(H2,19,20,21);1H. The number of unbranched alkanes of at least 4 members (excludes halogenated alkanes) is 1. The van der Waals surface area contributed by atoms with E-state index in [1.165, 1.54) is 19.3 Å². The monoisotopic (exact) mass is 471 g/mol. The van der Waals surface area contributed by atoms with Crippen LogP contribution < -0.4 is 10.6 Å². The summed E-state index contributed by atoms with van der Waals surface area (Å²) in [7, 11) is 3.47. The van der Waals surface area contributed by atoms with Crippen LogP contribution in [-0.2, 0) is 14.2 Å². The van der Waals surface area contributed by atoms with Gasteiger partial charge in [-0.05, 0) is 44.4 Å². The third kappa shape index (κ3) is 11.2. The third-order valence-corrected chi connectivity index (χ3v) is 4.61. The Morgan fingerprint density at radius 2 is 1.76 bits per heavy atom. The number of nitrogens with zero attached hydrogens (tertiary/aromatic N) is 1. The van der Waals surface area contributed by atoms with E-state index in [9.17, 15) is 0 Å².